The molecule has 7 heteroatoms. The van der Waals surface area contributed by atoms with E-state index in [1.165, 1.54) is 0 Å². The number of anilines is 1. The molecule has 3 rings (SSSR count). The van der Waals surface area contributed by atoms with Crippen molar-refractivity contribution in [3.63, 3.8) is 0 Å². The number of aromatic nitrogens is 1. The third-order valence-corrected chi connectivity index (χ3v) is 5.85. The number of benzene rings is 1. The number of likely N-dealkylation sites (tertiary alicyclic amines) is 1. The third-order valence-electron chi connectivity index (χ3n) is 5.85. The maximum Gasteiger partial charge on any atom is 0.253 e. The number of rotatable bonds is 7. The Balaban J connectivity index is 1.83. The van der Waals surface area contributed by atoms with Gasteiger partial charge in [-0.05, 0) is 56.0 Å². The molecule has 1 fully saturated rings. The number of nitrogens with one attached hydrogen (secondary N) is 3. The predicted octanol–water partition coefficient (Wildman–Crippen LogP) is 2.50. The maximum absolute atomic E-state index is 13.1. The van der Waals surface area contributed by atoms with Crippen LogP contribution in [0.1, 0.15) is 65.0 Å². The summed E-state index contributed by atoms with van der Waals surface area (Å²) in [6.45, 7) is 12.6. The summed E-state index contributed by atoms with van der Waals surface area (Å²) in [7, 11) is 0. The first kappa shape index (κ1) is 24.6. The molecule has 1 aliphatic rings. The Morgan fingerprint density at radius 2 is 2.00 bits per heavy atom. The van der Waals surface area contributed by atoms with Crippen molar-refractivity contribution in [1.29, 1.82) is 0 Å². The van der Waals surface area contributed by atoms with Crippen molar-refractivity contribution in [2.24, 2.45) is 0 Å². The number of β-amino-alcohol motifs (C(OH)–C–C–N with tert-alkyl or cyclic N) is 1. The highest BCUT2D eigenvalue weighted by Crippen LogP contribution is 2.22. The number of aryl methyl sites for hydroxylation is 1. The van der Waals surface area contributed by atoms with Crippen LogP contribution >= 0.6 is 0 Å². The topological polar surface area (TPSA) is 97.5 Å². The van der Waals surface area contributed by atoms with E-state index in [4.69, 9.17) is 0 Å². The van der Waals surface area contributed by atoms with Crippen molar-refractivity contribution in [2.75, 3.05) is 31.5 Å². The molecule has 1 aliphatic heterocycles. The molecule has 2 heterocycles. The second-order valence-electron chi connectivity index (χ2n) is 8.93. The van der Waals surface area contributed by atoms with Crippen LogP contribution in [-0.4, -0.2) is 53.2 Å². The summed E-state index contributed by atoms with van der Waals surface area (Å²) in [6.07, 6.45) is -0.251. The molecule has 1 aromatic carbocycles. The van der Waals surface area contributed by atoms with Gasteiger partial charge in [0, 0.05) is 54.3 Å². The molecule has 0 radical (unpaired) electrons. The van der Waals surface area contributed by atoms with Gasteiger partial charge in [-0.3, -0.25) is 14.5 Å². The van der Waals surface area contributed by atoms with Gasteiger partial charge in [0.15, 0.2) is 0 Å². The van der Waals surface area contributed by atoms with Crippen LogP contribution in [0.15, 0.2) is 23.0 Å². The molecule has 7 nitrogen and oxygen atoms in total. The Bertz CT molecular complexity index is 1130. The molecule has 0 spiro atoms. The van der Waals surface area contributed by atoms with E-state index in [2.05, 4.69) is 32.4 Å². The lowest BCUT2D eigenvalue weighted by molar-refractivity contribution is 0.0111. The number of H-pyrrole nitrogens is 1. The van der Waals surface area contributed by atoms with Crippen molar-refractivity contribution in [2.45, 2.75) is 53.2 Å². The highest BCUT2D eigenvalue weighted by atomic mass is 16.3. The fourth-order valence-electron chi connectivity index (χ4n) is 4.02. The van der Waals surface area contributed by atoms with Gasteiger partial charge in [-0.25, -0.2) is 0 Å². The standard InChI is InChI=1S/C26H34N4O3/c1-6-27-24-12-19(8-7-9-30-14-20(31)15-30)11-22(18(24)5)25(32)28-13-23-21(16(2)3)10-17(4)29-26(23)33/h10-12,16,20,27,31H,6,9,13-15H2,1-5H3,(H,28,32)(H,29,33). The van der Waals surface area contributed by atoms with Crippen LogP contribution in [0.2, 0.25) is 0 Å². The molecule has 0 atom stereocenters. The van der Waals surface area contributed by atoms with Crippen LogP contribution in [0.25, 0.3) is 0 Å². The van der Waals surface area contributed by atoms with Crippen LogP contribution in [0, 0.1) is 25.7 Å². The monoisotopic (exact) mass is 450 g/mol. The van der Waals surface area contributed by atoms with Gasteiger partial charge in [0.2, 0.25) is 0 Å². The molecule has 0 saturated carbocycles. The molecule has 0 aliphatic carbocycles. The van der Waals surface area contributed by atoms with Crippen LogP contribution in [0.5, 0.6) is 0 Å². The molecular weight excluding hydrogens is 416 g/mol. The van der Waals surface area contributed by atoms with Gasteiger partial charge in [-0.1, -0.05) is 25.7 Å². The summed E-state index contributed by atoms with van der Waals surface area (Å²) < 4.78 is 0. The summed E-state index contributed by atoms with van der Waals surface area (Å²) in [5, 5.41) is 15.6. The van der Waals surface area contributed by atoms with E-state index in [-0.39, 0.29) is 30.0 Å². The fraction of sp³-hybridized carbons (Fsp3) is 0.462. The van der Waals surface area contributed by atoms with Gasteiger partial charge in [-0.15, -0.1) is 0 Å². The molecule has 1 saturated heterocycles. The van der Waals surface area contributed by atoms with Gasteiger partial charge in [-0.2, -0.15) is 0 Å². The number of carbonyl (C=O) groups is 1. The summed E-state index contributed by atoms with van der Waals surface area (Å²) in [4.78, 5) is 30.6. The molecule has 176 valence electrons. The first-order chi connectivity index (χ1) is 15.7. The fourth-order valence-corrected chi connectivity index (χ4v) is 4.02. The molecule has 1 amide bonds. The number of carbonyl (C=O) groups excluding carboxylic acids is 1. The van der Waals surface area contributed by atoms with Crippen molar-refractivity contribution < 1.29 is 9.90 Å². The average molecular weight is 451 g/mol. The van der Waals surface area contributed by atoms with Gasteiger partial charge in [0.05, 0.1) is 12.6 Å². The Kier molecular flexibility index (Phi) is 7.96. The lowest BCUT2D eigenvalue weighted by Crippen LogP contribution is -2.50. The van der Waals surface area contributed by atoms with Gasteiger partial charge in [0.25, 0.3) is 11.5 Å². The van der Waals surface area contributed by atoms with Crippen LogP contribution in [-0.2, 0) is 6.54 Å². The van der Waals surface area contributed by atoms with E-state index < -0.39 is 0 Å². The minimum Gasteiger partial charge on any atom is -0.390 e. The zero-order chi connectivity index (χ0) is 24.1. The molecule has 0 unspecified atom stereocenters. The minimum atomic E-state index is -0.251. The Labute approximate surface area is 195 Å². The lowest BCUT2D eigenvalue weighted by atomic mass is 9.97. The van der Waals surface area contributed by atoms with E-state index in [1.54, 1.807) is 6.07 Å². The summed E-state index contributed by atoms with van der Waals surface area (Å²) in [6, 6.07) is 5.72. The Morgan fingerprint density at radius 3 is 2.64 bits per heavy atom. The number of hydrogen-bond donors (Lipinski definition) is 4. The molecule has 1 aromatic heterocycles. The number of aromatic amines is 1. The second-order valence-corrected chi connectivity index (χ2v) is 8.93. The molecule has 4 N–H and O–H groups in total. The zero-order valence-corrected chi connectivity index (χ0v) is 20.1. The van der Waals surface area contributed by atoms with Crippen molar-refractivity contribution in [3.05, 3.63) is 62.1 Å². The number of amides is 1. The SMILES string of the molecule is CCNc1cc(C#CCN2CC(O)C2)cc(C(=O)NCc2c(C(C)C)cc(C)[nH]c2=O)c1C. The Morgan fingerprint density at radius 1 is 1.27 bits per heavy atom. The predicted molar refractivity (Wildman–Crippen MR) is 132 cm³/mol. The number of hydrogen-bond acceptors (Lipinski definition) is 5. The zero-order valence-electron chi connectivity index (χ0n) is 20.1. The van der Waals surface area contributed by atoms with Crippen molar-refractivity contribution in [3.8, 4) is 11.8 Å². The quantitative estimate of drug-likeness (QED) is 0.486. The molecule has 33 heavy (non-hydrogen) atoms. The molecule has 0 bridgehead atoms. The number of pyridine rings is 1. The largest absolute Gasteiger partial charge is 0.390 e. The van der Waals surface area contributed by atoms with E-state index in [1.807, 2.05) is 46.8 Å². The number of aliphatic hydroxyl groups excluding tert-OH is 1. The van der Waals surface area contributed by atoms with Crippen LogP contribution in [0.3, 0.4) is 0 Å². The highest BCUT2D eigenvalue weighted by Gasteiger charge is 2.22. The maximum atomic E-state index is 13.1. The van der Waals surface area contributed by atoms with E-state index >= 15 is 0 Å². The Hall–Kier alpha value is -3.08. The first-order valence-corrected chi connectivity index (χ1v) is 11.5. The normalized spacial score (nSPS) is 13.9. The van der Waals surface area contributed by atoms with Crippen LogP contribution < -0.4 is 16.2 Å². The van der Waals surface area contributed by atoms with Gasteiger partial charge >= 0.3 is 0 Å². The lowest BCUT2D eigenvalue weighted by Gasteiger charge is -2.33. The first-order valence-electron chi connectivity index (χ1n) is 11.5. The summed E-state index contributed by atoms with van der Waals surface area (Å²) in [5.41, 5.74) is 5.16. The van der Waals surface area contributed by atoms with E-state index in [0.717, 1.165) is 34.6 Å². The minimum absolute atomic E-state index is 0.158. The smallest absolute Gasteiger partial charge is 0.253 e. The van der Waals surface area contributed by atoms with E-state index in [9.17, 15) is 14.7 Å². The van der Waals surface area contributed by atoms with Crippen LogP contribution in [0.4, 0.5) is 5.69 Å². The number of aliphatic hydroxyl groups is 1. The van der Waals surface area contributed by atoms with E-state index in [0.29, 0.717) is 30.8 Å². The van der Waals surface area contributed by atoms with Gasteiger partial charge < -0.3 is 20.7 Å². The summed E-state index contributed by atoms with van der Waals surface area (Å²) >= 11 is 0. The highest BCUT2D eigenvalue weighted by molar-refractivity contribution is 5.97. The van der Waals surface area contributed by atoms with Crippen molar-refractivity contribution >= 4 is 11.6 Å². The number of nitrogens with zero attached hydrogens (tertiary/aromatic N) is 1. The average Bonchev–Trinajstić information content (AvgIpc) is 2.73. The molecule has 2 aromatic rings. The third kappa shape index (κ3) is 6.04. The van der Waals surface area contributed by atoms with Crippen molar-refractivity contribution in [1.82, 2.24) is 15.2 Å². The van der Waals surface area contributed by atoms with Gasteiger partial charge in [0.1, 0.15) is 0 Å². The molecular formula is C26H34N4O3. The second kappa shape index (κ2) is 10.7. The summed E-state index contributed by atoms with van der Waals surface area (Å²) in [5.74, 6) is 6.21.